The molecule has 0 radical (unpaired) electrons. The van der Waals surface area contributed by atoms with Crippen molar-refractivity contribution >= 4 is 11.0 Å². The molecule has 3 heteroatoms. The quantitative estimate of drug-likeness (QED) is 0.674. The molecule has 2 aromatic carbocycles. The van der Waals surface area contributed by atoms with E-state index in [2.05, 4.69) is 0 Å². The molecule has 0 unspecified atom stereocenters. The fourth-order valence-corrected chi connectivity index (χ4v) is 2.11. The molecule has 0 spiro atoms. The SMILES string of the molecule is Cc1cccc(-c2cc3ccc(O)cc3oc2=O)c1. The first-order valence-corrected chi connectivity index (χ1v) is 5.97. The van der Waals surface area contributed by atoms with E-state index in [4.69, 9.17) is 4.42 Å². The van der Waals surface area contributed by atoms with Crippen LogP contribution in [0.4, 0.5) is 0 Å². The zero-order chi connectivity index (χ0) is 13.4. The standard InChI is InChI=1S/C16H12O3/c1-10-3-2-4-11(7-10)14-8-12-5-6-13(17)9-15(12)19-16(14)18/h2-9,17H,1H3. The van der Waals surface area contributed by atoms with E-state index in [-0.39, 0.29) is 5.75 Å². The molecule has 94 valence electrons. The van der Waals surface area contributed by atoms with Gasteiger partial charge < -0.3 is 9.52 Å². The van der Waals surface area contributed by atoms with Gasteiger partial charge in [0.15, 0.2) is 0 Å². The summed E-state index contributed by atoms with van der Waals surface area (Å²) in [4.78, 5) is 12.0. The lowest BCUT2D eigenvalue weighted by Crippen LogP contribution is -2.02. The summed E-state index contributed by atoms with van der Waals surface area (Å²) < 4.78 is 5.25. The van der Waals surface area contributed by atoms with Crippen molar-refractivity contribution in [3.8, 4) is 16.9 Å². The summed E-state index contributed by atoms with van der Waals surface area (Å²) in [5.41, 5.74) is 2.44. The summed E-state index contributed by atoms with van der Waals surface area (Å²) in [6.07, 6.45) is 0. The van der Waals surface area contributed by atoms with Crippen molar-refractivity contribution in [2.24, 2.45) is 0 Å². The first-order chi connectivity index (χ1) is 9.13. The minimum Gasteiger partial charge on any atom is -0.508 e. The van der Waals surface area contributed by atoms with Crippen LogP contribution >= 0.6 is 0 Å². The molecule has 0 saturated carbocycles. The minimum atomic E-state index is -0.399. The van der Waals surface area contributed by atoms with Gasteiger partial charge in [0.25, 0.3) is 0 Å². The summed E-state index contributed by atoms with van der Waals surface area (Å²) in [5.74, 6) is 0.0824. The van der Waals surface area contributed by atoms with E-state index >= 15 is 0 Å². The van der Waals surface area contributed by atoms with Gasteiger partial charge in [0.05, 0.1) is 5.56 Å². The first-order valence-electron chi connectivity index (χ1n) is 5.97. The second-order valence-corrected chi connectivity index (χ2v) is 4.54. The van der Waals surface area contributed by atoms with Gasteiger partial charge in [-0.2, -0.15) is 0 Å². The van der Waals surface area contributed by atoms with Crippen molar-refractivity contribution in [3.63, 3.8) is 0 Å². The maximum Gasteiger partial charge on any atom is 0.344 e. The van der Waals surface area contributed by atoms with Crippen LogP contribution in [-0.2, 0) is 0 Å². The van der Waals surface area contributed by atoms with Gasteiger partial charge in [0.2, 0.25) is 0 Å². The molecule has 19 heavy (non-hydrogen) atoms. The van der Waals surface area contributed by atoms with Crippen molar-refractivity contribution in [1.82, 2.24) is 0 Å². The molecule has 3 nitrogen and oxygen atoms in total. The van der Waals surface area contributed by atoms with Crippen molar-refractivity contribution in [3.05, 3.63) is 64.5 Å². The van der Waals surface area contributed by atoms with E-state index in [1.807, 2.05) is 31.2 Å². The second-order valence-electron chi connectivity index (χ2n) is 4.54. The number of rotatable bonds is 1. The number of phenolic OH excluding ortho intramolecular Hbond substituents is 1. The fourth-order valence-electron chi connectivity index (χ4n) is 2.11. The summed E-state index contributed by atoms with van der Waals surface area (Å²) in [6, 6.07) is 14.2. The molecule has 3 rings (SSSR count). The van der Waals surface area contributed by atoms with Gasteiger partial charge in [-0.3, -0.25) is 0 Å². The van der Waals surface area contributed by atoms with Gasteiger partial charge in [-0.1, -0.05) is 29.8 Å². The molecule has 0 bridgehead atoms. The number of hydrogen-bond acceptors (Lipinski definition) is 3. The highest BCUT2D eigenvalue weighted by molar-refractivity contribution is 5.82. The zero-order valence-electron chi connectivity index (χ0n) is 10.4. The van der Waals surface area contributed by atoms with E-state index in [1.165, 1.54) is 6.07 Å². The van der Waals surface area contributed by atoms with Crippen LogP contribution in [0, 0.1) is 6.92 Å². The molecule has 0 fully saturated rings. The molecule has 0 aliphatic heterocycles. The van der Waals surface area contributed by atoms with Gasteiger partial charge in [-0.25, -0.2) is 4.79 Å². The molecule has 1 aromatic heterocycles. The summed E-state index contributed by atoms with van der Waals surface area (Å²) in [7, 11) is 0. The van der Waals surface area contributed by atoms with Gasteiger partial charge >= 0.3 is 5.63 Å². The average Bonchev–Trinajstić information content (AvgIpc) is 2.37. The van der Waals surface area contributed by atoms with Crippen LogP contribution < -0.4 is 5.63 Å². The van der Waals surface area contributed by atoms with Crippen molar-refractivity contribution in [1.29, 1.82) is 0 Å². The molecular formula is C16H12O3. The van der Waals surface area contributed by atoms with Crippen molar-refractivity contribution in [2.45, 2.75) is 6.92 Å². The van der Waals surface area contributed by atoms with Crippen LogP contribution in [0.25, 0.3) is 22.1 Å². The van der Waals surface area contributed by atoms with Gasteiger partial charge in [0, 0.05) is 11.5 Å². The highest BCUT2D eigenvalue weighted by atomic mass is 16.4. The third-order valence-electron chi connectivity index (χ3n) is 3.05. The molecule has 0 saturated heterocycles. The van der Waals surface area contributed by atoms with E-state index in [0.29, 0.717) is 11.1 Å². The van der Waals surface area contributed by atoms with Gasteiger partial charge in [0.1, 0.15) is 11.3 Å². The Kier molecular flexibility index (Phi) is 2.60. The average molecular weight is 252 g/mol. The molecular weight excluding hydrogens is 240 g/mol. The first kappa shape index (κ1) is 11.5. The third-order valence-corrected chi connectivity index (χ3v) is 3.05. The van der Waals surface area contributed by atoms with Crippen molar-refractivity contribution < 1.29 is 9.52 Å². The van der Waals surface area contributed by atoms with E-state index in [1.54, 1.807) is 18.2 Å². The number of aryl methyl sites for hydroxylation is 1. The van der Waals surface area contributed by atoms with E-state index < -0.39 is 5.63 Å². The topological polar surface area (TPSA) is 50.4 Å². The van der Waals surface area contributed by atoms with Crippen LogP contribution in [-0.4, -0.2) is 5.11 Å². The van der Waals surface area contributed by atoms with E-state index in [9.17, 15) is 9.90 Å². The minimum absolute atomic E-state index is 0.0824. The highest BCUT2D eigenvalue weighted by Crippen LogP contribution is 2.24. The lowest BCUT2D eigenvalue weighted by molar-refractivity contribution is 0.473. The van der Waals surface area contributed by atoms with Crippen LogP contribution in [0.5, 0.6) is 5.75 Å². The molecule has 1 N–H and O–H groups in total. The predicted octanol–water partition coefficient (Wildman–Crippen LogP) is 3.47. The summed E-state index contributed by atoms with van der Waals surface area (Å²) in [5, 5.41) is 10.2. The summed E-state index contributed by atoms with van der Waals surface area (Å²) in [6.45, 7) is 1.98. The van der Waals surface area contributed by atoms with Gasteiger partial charge in [-0.15, -0.1) is 0 Å². The number of phenols is 1. The summed E-state index contributed by atoms with van der Waals surface area (Å²) >= 11 is 0. The van der Waals surface area contributed by atoms with Crippen molar-refractivity contribution in [2.75, 3.05) is 0 Å². The number of fused-ring (bicyclic) bond motifs is 1. The molecule has 0 amide bonds. The Labute approximate surface area is 109 Å². The zero-order valence-corrected chi connectivity index (χ0v) is 10.4. The Balaban J connectivity index is 2.28. The monoisotopic (exact) mass is 252 g/mol. The Bertz CT molecular complexity index is 816. The lowest BCUT2D eigenvalue weighted by Gasteiger charge is -2.03. The predicted molar refractivity (Wildman–Crippen MR) is 74.3 cm³/mol. The smallest absolute Gasteiger partial charge is 0.344 e. The Hall–Kier alpha value is -2.55. The van der Waals surface area contributed by atoms with Crippen LogP contribution in [0.3, 0.4) is 0 Å². The van der Waals surface area contributed by atoms with Gasteiger partial charge in [-0.05, 0) is 30.7 Å². The lowest BCUT2D eigenvalue weighted by atomic mass is 10.0. The second kappa shape index (κ2) is 4.28. The molecule has 0 aliphatic rings. The third kappa shape index (κ3) is 2.10. The maximum atomic E-state index is 12.0. The van der Waals surface area contributed by atoms with E-state index in [0.717, 1.165) is 16.5 Å². The Morgan fingerprint density at radius 3 is 2.68 bits per heavy atom. The molecule has 3 aromatic rings. The Morgan fingerprint density at radius 2 is 1.89 bits per heavy atom. The maximum absolute atomic E-state index is 12.0. The number of hydrogen-bond donors (Lipinski definition) is 1. The molecule has 0 aliphatic carbocycles. The Morgan fingerprint density at radius 1 is 1.05 bits per heavy atom. The van der Waals surface area contributed by atoms with Crippen LogP contribution in [0.15, 0.2) is 57.7 Å². The number of aromatic hydroxyl groups is 1. The normalized spacial score (nSPS) is 10.8. The highest BCUT2D eigenvalue weighted by Gasteiger charge is 2.08. The number of benzene rings is 2. The molecule has 0 atom stereocenters. The molecule has 1 heterocycles. The van der Waals surface area contributed by atoms with Crippen LogP contribution in [0.1, 0.15) is 5.56 Å². The van der Waals surface area contributed by atoms with Crippen LogP contribution in [0.2, 0.25) is 0 Å². The fraction of sp³-hybridized carbons (Fsp3) is 0.0625. The largest absolute Gasteiger partial charge is 0.508 e.